The van der Waals surface area contributed by atoms with Gasteiger partial charge in [-0.3, -0.25) is 4.90 Å². The molecular weight excluding hydrogens is 210 g/mol. The Morgan fingerprint density at radius 2 is 2.18 bits per heavy atom. The standard InChI is InChI=1S/C14H31N3/c1-5-15-10-13(3)11-16(4)12-14-8-7-9-17(14)6-2/h13-15H,5-12H2,1-4H3. The van der Waals surface area contributed by atoms with Gasteiger partial charge in [0.2, 0.25) is 0 Å². The van der Waals surface area contributed by atoms with Gasteiger partial charge in [-0.05, 0) is 52.0 Å². The molecule has 0 bridgehead atoms. The summed E-state index contributed by atoms with van der Waals surface area (Å²) in [5.41, 5.74) is 0. The molecule has 102 valence electrons. The zero-order valence-electron chi connectivity index (χ0n) is 12.2. The Morgan fingerprint density at radius 1 is 1.41 bits per heavy atom. The highest BCUT2D eigenvalue weighted by Crippen LogP contribution is 2.17. The quantitative estimate of drug-likeness (QED) is 0.697. The van der Waals surface area contributed by atoms with Crippen molar-refractivity contribution in [1.82, 2.24) is 15.1 Å². The molecule has 17 heavy (non-hydrogen) atoms. The van der Waals surface area contributed by atoms with Crippen molar-refractivity contribution in [2.75, 3.05) is 46.3 Å². The molecule has 1 fully saturated rings. The lowest BCUT2D eigenvalue weighted by atomic mass is 10.1. The lowest BCUT2D eigenvalue weighted by Crippen LogP contribution is -2.41. The third-order valence-electron chi connectivity index (χ3n) is 3.79. The van der Waals surface area contributed by atoms with Crippen LogP contribution in [0.15, 0.2) is 0 Å². The van der Waals surface area contributed by atoms with Gasteiger partial charge in [0.25, 0.3) is 0 Å². The smallest absolute Gasteiger partial charge is 0.0223 e. The molecular formula is C14H31N3. The molecule has 0 amide bonds. The predicted octanol–water partition coefficient (Wildman–Crippen LogP) is 1.65. The molecule has 1 aliphatic rings. The first-order valence-corrected chi connectivity index (χ1v) is 7.30. The van der Waals surface area contributed by atoms with Crippen LogP contribution in [-0.2, 0) is 0 Å². The summed E-state index contributed by atoms with van der Waals surface area (Å²) in [6, 6.07) is 0.802. The largest absolute Gasteiger partial charge is 0.317 e. The highest BCUT2D eigenvalue weighted by atomic mass is 15.2. The molecule has 1 saturated heterocycles. The predicted molar refractivity (Wildman–Crippen MR) is 75.5 cm³/mol. The average molecular weight is 241 g/mol. The third kappa shape index (κ3) is 5.36. The summed E-state index contributed by atoms with van der Waals surface area (Å²) in [4.78, 5) is 5.14. The summed E-state index contributed by atoms with van der Waals surface area (Å²) in [5, 5.41) is 3.43. The van der Waals surface area contributed by atoms with Gasteiger partial charge in [-0.15, -0.1) is 0 Å². The van der Waals surface area contributed by atoms with E-state index in [0.717, 1.165) is 25.0 Å². The van der Waals surface area contributed by atoms with Gasteiger partial charge in [0.15, 0.2) is 0 Å². The van der Waals surface area contributed by atoms with Gasteiger partial charge < -0.3 is 10.2 Å². The van der Waals surface area contributed by atoms with Crippen LogP contribution >= 0.6 is 0 Å². The summed E-state index contributed by atoms with van der Waals surface area (Å²) < 4.78 is 0. The van der Waals surface area contributed by atoms with Crippen molar-refractivity contribution in [3.05, 3.63) is 0 Å². The minimum absolute atomic E-state index is 0.747. The molecule has 0 aromatic rings. The number of likely N-dealkylation sites (tertiary alicyclic amines) is 1. The average Bonchev–Trinajstić information content (AvgIpc) is 2.73. The van der Waals surface area contributed by atoms with Crippen molar-refractivity contribution < 1.29 is 0 Å². The lowest BCUT2D eigenvalue weighted by molar-refractivity contribution is 0.185. The summed E-state index contributed by atoms with van der Waals surface area (Å²) in [6.07, 6.45) is 2.78. The number of likely N-dealkylation sites (N-methyl/N-ethyl adjacent to an activating group) is 2. The summed E-state index contributed by atoms with van der Waals surface area (Å²) >= 11 is 0. The van der Waals surface area contributed by atoms with Crippen LogP contribution in [0.1, 0.15) is 33.6 Å². The summed E-state index contributed by atoms with van der Waals surface area (Å²) in [5.74, 6) is 0.747. The Hall–Kier alpha value is -0.120. The molecule has 1 heterocycles. The maximum Gasteiger partial charge on any atom is 0.0223 e. The van der Waals surface area contributed by atoms with Gasteiger partial charge in [0.05, 0.1) is 0 Å². The molecule has 0 saturated carbocycles. The van der Waals surface area contributed by atoms with Crippen LogP contribution in [0.25, 0.3) is 0 Å². The van der Waals surface area contributed by atoms with Crippen LogP contribution in [0.2, 0.25) is 0 Å². The van der Waals surface area contributed by atoms with Gasteiger partial charge in [-0.25, -0.2) is 0 Å². The Labute approximate surface area is 108 Å². The number of nitrogens with one attached hydrogen (secondary N) is 1. The molecule has 2 atom stereocenters. The van der Waals surface area contributed by atoms with E-state index >= 15 is 0 Å². The molecule has 3 nitrogen and oxygen atoms in total. The van der Waals surface area contributed by atoms with E-state index < -0.39 is 0 Å². The van der Waals surface area contributed by atoms with Gasteiger partial charge >= 0.3 is 0 Å². The molecule has 2 unspecified atom stereocenters. The van der Waals surface area contributed by atoms with Crippen LogP contribution in [0.3, 0.4) is 0 Å². The zero-order valence-corrected chi connectivity index (χ0v) is 12.2. The number of hydrogen-bond donors (Lipinski definition) is 1. The van der Waals surface area contributed by atoms with E-state index in [1.807, 2.05) is 0 Å². The second-order valence-electron chi connectivity index (χ2n) is 5.56. The fraction of sp³-hybridized carbons (Fsp3) is 1.00. The molecule has 0 aliphatic carbocycles. The summed E-state index contributed by atoms with van der Waals surface area (Å²) in [6.45, 7) is 14.0. The normalized spacial score (nSPS) is 23.5. The van der Waals surface area contributed by atoms with E-state index in [9.17, 15) is 0 Å². The van der Waals surface area contributed by atoms with E-state index in [0.29, 0.717) is 0 Å². The maximum atomic E-state index is 3.43. The Bertz CT molecular complexity index is 196. The number of hydrogen-bond acceptors (Lipinski definition) is 3. The second kappa shape index (κ2) is 8.06. The lowest BCUT2D eigenvalue weighted by Gasteiger charge is -2.29. The van der Waals surface area contributed by atoms with Crippen molar-refractivity contribution in [3.8, 4) is 0 Å². The molecule has 1 N–H and O–H groups in total. The van der Waals surface area contributed by atoms with Crippen LogP contribution in [0, 0.1) is 5.92 Å². The minimum Gasteiger partial charge on any atom is -0.317 e. The van der Waals surface area contributed by atoms with E-state index in [2.05, 4.69) is 42.9 Å². The first kappa shape index (κ1) is 14.9. The monoisotopic (exact) mass is 241 g/mol. The zero-order chi connectivity index (χ0) is 12.7. The fourth-order valence-electron chi connectivity index (χ4n) is 2.94. The second-order valence-corrected chi connectivity index (χ2v) is 5.56. The van der Waals surface area contributed by atoms with Crippen molar-refractivity contribution in [2.24, 2.45) is 5.92 Å². The molecule has 3 heteroatoms. The molecule has 0 aromatic heterocycles. The topological polar surface area (TPSA) is 18.5 Å². The Kier molecular flexibility index (Phi) is 7.09. The summed E-state index contributed by atoms with van der Waals surface area (Å²) in [7, 11) is 2.27. The van der Waals surface area contributed by atoms with Gasteiger partial charge in [0, 0.05) is 19.1 Å². The molecule has 0 radical (unpaired) electrons. The van der Waals surface area contributed by atoms with Gasteiger partial charge in [0.1, 0.15) is 0 Å². The maximum absolute atomic E-state index is 3.43. The first-order valence-electron chi connectivity index (χ1n) is 7.30. The minimum atomic E-state index is 0.747. The van der Waals surface area contributed by atoms with Crippen LogP contribution in [0.4, 0.5) is 0 Å². The van der Waals surface area contributed by atoms with Gasteiger partial charge in [-0.1, -0.05) is 20.8 Å². The Balaban J connectivity index is 2.21. The number of nitrogens with zero attached hydrogens (tertiary/aromatic N) is 2. The van der Waals surface area contributed by atoms with Crippen molar-refractivity contribution in [2.45, 2.75) is 39.7 Å². The van der Waals surface area contributed by atoms with Gasteiger partial charge in [-0.2, -0.15) is 0 Å². The third-order valence-corrected chi connectivity index (χ3v) is 3.79. The SMILES string of the molecule is CCNCC(C)CN(C)CC1CCCN1CC. The van der Waals surface area contributed by atoms with E-state index in [-0.39, 0.29) is 0 Å². The van der Waals surface area contributed by atoms with E-state index in [4.69, 9.17) is 0 Å². The van der Waals surface area contributed by atoms with Crippen molar-refractivity contribution >= 4 is 0 Å². The van der Waals surface area contributed by atoms with Crippen LogP contribution in [-0.4, -0.2) is 62.2 Å². The molecule has 0 spiro atoms. The van der Waals surface area contributed by atoms with Crippen molar-refractivity contribution in [1.29, 1.82) is 0 Å². The first-order chi connectivity index (χ1) is 8.17. The highest BCUT2D eigenvalue weighted by molar-refractivity contribution is 4.80. The molecule has 1 aliphatic heterocycles. The van der Waals surface area contributed by atoms with E-state index in [1.54, 1.807) is 0 Å². The molecule has 1 rings (SSSR count). The van der Waals surface area contributed by atoms with Crippen LogP contribution in [0.5, 0.6) is 0 Å². The Morgan fingerprint density at radius 3 is 2.82 bits per heavy atom. The number of rotatable bonds is 8. The van der Waals surface area contributed by atoms with Crippen LogP contribution < -0.4 is 5.32 Å². The fourth-order valence-corrected chi connectivity index (χ4v) is 2.94. The highest BCUT2D eigenvalue weighted by Gasteiger charge is 2.24. The molecule has 0 aromatic carbocycles. The van der Waals surface area contributed by atoms with E-state index in [1.165, 1.54) is 39.0 Å². The van der Waals surface area contributed by atoms with Crippen molar-refractivity contribution in [3.63, 3.8) is 0 Å².